The largest absolute Gasteiger partial charge is 0.480 e. The van der Waals surface area contributed by atoms with E-state index in [2.05, 4.69) is 0 Å². The number of carbonyl (C=O) groups is 1. The molecule has 7 nitrogen and oxygen atoms in total. The van der Waals surface area contributed by atoms with Crippen molar-refractivity contribution < 1.29 is 26.7 Å². The molecule has 1 atom stereocenters. The van der Waals surface area contributed by atoms with Crippen LogP contribution in [-0.2, 0) is 24.7 Å². The van der Waals surface area contributed by atoms with Crippen LogP contribution in [0.15, 0.2) is 30.3 Å². The monoisotopic (exact) mass is 307 g/mol. The average Bonchev–Trinajstić information content (AvgIpc) is 2.23. The summed E-state index contributed by atoms with van der Waals surface area (Å²) in [5.41, 5.74) is 0.215. The molecule has 0 aromatic heterocycles. The van der Waals surface area contributed by atoms with Crippen molar-refractivity contribution >= 4 is 25.8 Å². The Morgan fingerprint density at radius 3 is 2.16 bits per heavy atom. The van der Waals surface area contributed by atoms with Crippen LogP contribution < -0.4 is 4.72 Å². The van der Waals surface area contributed by atoms with E-state index in [-0.39, 0.29) is 5.56 Å². The summed E-state index contributed by atoms with van der Waals surface area (Å²) in [6, 6.07) is 6.09. The first-order chi connectivity index (χ1) is 8.61. The Morgan fingerprint density at radius 2 is 1.74 bits per heavy atom. The van der Waals surface area contributed by atoms with Gasteiger partial charge in [-0.3, -0.25) is 4.79 Å². The lowest BCUT2D eigenvalue weighted by atomic mass is 10.1. The first kappa shape index (κ1) is 15.6. The van der Waals surface area contributed by atoms with Crippen LogP contribution in [0, 0.1) is 0 Å². The molecule has 1 aromatic carbocycles. The quantitative estimate of drug-likeness (QED) is 0.747. The van der Waals surface area contributed by atoms with Gasteiger partial charge >= 0.3 is 5.97 Å². The Hall–Kier alpha value is -1.45. The van der Waals surface area contributed by atoms with E-state index in [1.807, 2.05) is 4.72 Å². The Morgan fingerprint density at radius 1 is 1.21 bits per heavy atom. The van der Waals surface area contributed by atoms with Crippen molar-refractivity contribution in [1.82, 2.24) is 4.72 Å². The van der Waals surface area contributed by atoms with Crippen LogP contribution >= 0.6 is 0 Å². The normalized spacial score (nSPS) is 13.9. The minimum absolute atomic E-state index is 0.215. The molecule has 0 saturated carbocycles. The van der Waals surface area contributed by atoms with Crippen LogP contribution in [0.2, 0.25) is 0 Å². The van der Waals surface area contributed by atoms with Crippen LogP contribution in [0.5, 0.6) is 0 Å². The highest BCUT2D eigenvalue weighted by atomic mass is 32.3. The fourth-order valence-electron chi connectivity index (χ4n) is 1.40. The summed E-state index contributed by atoms with van der Waals surface area (Å²) < 4.78 is 47.0. The summed E-state index contributed by atoms with van der Waals surface area (Å²) in [5.74, 6) is -1.41. The average molecular weight is 307 g/mol. The minimum atomic E-state index is -4.25. The molecule has 1 aromatic rings. The molecule has 0 unspecified atom stereocenters. The Balaban J connectivity index is 3.02. The third-order valence-corrected chi connectivity index (χ3v) is 5.60. The van der Waals surface area contributed by atoms with E-state index in [9.17, 15) is 21.6 Å². The van der Waals surface area contributed by atoms with Gasteiger partial charge in [0.05, 0.1) is 0 Å². The zero-order valence-corrected chi connectivity index (χ0v) is 11.6. The summed E-state index contributed by atoms with van der Waals surface area (Å²) in [4.78, 5) is 11.1. The highest BCUT2D eigenvalue weighted by Crippen LogP contribution is 2.14. The molecule has 0 fully saturated rings. The molecule has 0 radical (unpaired) electrons. The lowest BCUT2D eigenvalue weighted by Gasteiger charge is -2.14. The van der Waals surface area contributed by atoms with E-state index in [4.69, 9.17) is 5.11 Å². The molecular formula is C10H13NO6S2. The molecule has 19 heavy (non-hydrogen) atoms. The van der Waals surface area contributed by atoms with Crippen molar-refractivity contribution in [1.29, 1.82) is 0 Å². The van der Waals surface area contributed by atoms with E-state index >= 15 is 0 Å². The van der Waals surface area contributed by atoms with Gasteiger partial charge in [0.15, 0.2) is 14.9 Å². The molecular weight excluding hydrogens is 294 g/mol. The number of benzene rings is 1. The fourth-order valence-corrected chi connectivity index (χ4v) is 4.52. The first-order valence-corrected chi connectivity index (χ1v) is 8.77. The third kappa shape index (κ3) is 5.37. The van der Waals surface area contributed by atoms with Crippen molar-refractivity contribution in [3.63, 3.8) is 0 Å². The van der Waals surface area contributed by atoms with Crippen LogP contribution in [0.25, 0.3) is 0 Å². The van der Waals surface area contributed by atoms with Gasteiger partial charge in [0, 0.05) is 6.26 Å². The molecule has 0 aliphatic rings. The number of hydrogen-bond donors (Lipinski definition) is 2. The second kappa shape index (κ2) is 5.68. The van der Waals surface area contributed by atoms with Crippen LogP contribution in [0.3, 0.4) is 0 Å². The molecule has 0 amide bonds. The van der Waals surface area contributed by atoms with Crippen LogP contribution in [0.1, 0.15) is 11.6 Å². The zero-order chi connectivity index (χ0) is 14.7. The van der Waals surface area contributed by atoms with Gasteiger partial charge in [-0.05, 0) is 5.56 Å². The number of carboxylic acid groups (broad SMARTS) is 1. The van der Waals surface area contributed by atoms with Gasteiger partial charge in [0.2, 0.25) is 10.0 Å². The lowest BCUT2D eigenvalue weighted by Crippen LogP contribution is -2.36. The number of nitrogens with one attached hydrogen (secondary N) is 1. The van der Waals surface area contributed by atoms with E-state index in [1.165, 1.54) is 12.1 Å². The van der Waals surface area contributed by atoms with Crippen LogP contribution in [0.4, 0.5) is 0 Å². The molecule has 0 aliphatic carbocycles. The number of carboxylic acids is 1. The van der Waals surface area contributed by atoms with Gasteiger partial charge in [-0.15, -0.1) is 0 Å². The van der Waals surface area contributed by atoms with Crippen molar-refractivity contribution in [3.05, 3.63) is 35.9 Å². The van der Waals surface area contributed by atoms with Crippen LogP contribution in [-0.4, -0.2) is 39.3 Å². The first-order valence-electron chi connectivity index (χ1n) is 5.06. The lowest BCUT2D eigenvalue weighted by molar-refractivity contribution is -0.139. The van der Waals surface area contributed by atoms with Gasteiger partial charge in [-0.2, -0.15) is 4.72 Å². The maximum atomic E-state index is 11.6. The van der Waals surface area contributed by atoms with Gasteiger partial charge in [0.1, 0.15) is 6.04 Å². The van der Waals surface area contributed by atoms with E-state index < -0.39 is 37.0 Å². The molecule has 0 aliphatic heterocycles. The van der Waals surface area contributed by atoms with Crippen molar-refractivity contribution in [2.24, 2.45) is 0 Å². The fraction of sp³-hybridized carbons (Fsp3) is 0.300. The second-order valence-electron chi connectivity index (χ2n) is 3.96. The highest BCUT2D eigenvalue weighted by molar-refractivity contribution is 8.06. The van der Waals surface area contributed by atoms with Crippen molar-refractivity contribution in [3.8, 4) is 0 Å². The SMILES string of the molecule is CS(=O)(=O)CS(=O)(=O)N[C@H](C(=O)O)c1ccccc1. The van der Waals surface area contributed by atoms with E-state index in [1.54, 1.807) is 18.2 Å². The second-order valence-corrected chi connectivity index (χ2v) is 8.22. The van der Waals surface area contributed by atoms with Gasteiger partial charge in [-0.25, -0.2) is 16.8 Å². The molecule has 2 N–H and O–H groups in total. The number of rotatable bonds is 6. The molecule has 0 bridgehead atoms. The number of sulfone groups is 1. The van der Waals surface area contributed by atoms with Gasteiger partial charge < -0.3 is 5.11 Å². The van der Waals surface area contributed by atoms with Gasteiger partial charge in [-0.1, -0.05) is 30.3 Å². The molecule has 9 heteroatoms. The summed E-state index contributed by atoms with van der Waals surface area (Å²) in [5, 5.41) is 7.86. The Kier molecular flexibility index (Phi) is 4.66. The summed E-state index contributed by atoms with van der Waals surface area (Å²) in [7, 11) is -8.03. The number of hydrogen-bond acceptors (Lipinski definition) is 5. The zero-order valence-electron chi connectivity index (χ0n) is 9.98. The van der Waals surface area contributed by atoms with E-state index in [0.29, 0.717) is 0 Å². The maximum absolute atomic E-state index is 11.6. The summed E-state index contributed by atoms with van der Waals surface area (Å²) in [6.07, 6.45) is 0.754. The Labute approximate surface area is 111 Å². The standard InChI is InChI=1S/C10H13NO6S2/c1-18(14,15)7-19(16,17)11-9(10(12)13)8-5-3-2-4-6-8/h2-6,9,11H,7H2,1H3,(H,12,13)/t9-/m0/s1. The maximum Gasteiger partial charge on any atom is 0.326 e. The molecule has 1 rings (SSSR count). The predicted molar refractivity (Wildman–Crippen MR) is 68.6 cm³/mol. The topological polar surface area (TPSA) is 118 Å². The number of aliphatic carboxylic acids is 1. The molecule has 0 saturated heterocycles. The Bertz CT molecular complexity index is 651. The minimum Gasteiger partial charge on any atom is -0.480 e. The van der Waals surface area contributed by atoms with Crippen molar-refractivity contribution in [2.45, 2.75) is 6.04 Å². The van der Waals surface area contributed by atoms with E-state index in [0.717, 1.165) is 6.26 Å². The third-order valence-electron chi connectivity index (χ3n) is 2.05. The molecule has 0 heterocycles. The summed E-state index contributed by atoms with van der Waals surface area (Å²) in [6.45, 7) is 0. The smallest absolute Gasteiger partial charge is 0.326 e. The van der Waals surface area contributed by atoms with Crippen molar-refractivity contribution in [2.75, 3.05) is 11.3 Å². The number of sulfonamides is 1. The molecule has 106 valence electrons. The summed E-state index contributed by atoms with van der Waals surface area (Å²) >= 11 is 0. The molecule has 0 spiro atoms. The highest BCUT2D eigenvalue weighted by Gasteiger charge is 2.27. The van der Waals surface area contributed by atoms with Gasteiger partial charge in [0.25, 0.3) is 0 Å². The predicted octanol–water partition coefficient (Wildman–Crippen LogP) is -0.266.